The Kier molecular flexibility index (Phi) is 4.36. The summed E-state index contributed by atoms with van der Waals surface area (Å²) in [6.45, 7) is 1.70. The van der Waals surface area contributed by atoms with Crippen molar-refractivity contribution in [3.63, 3.8) is 0 Å². The molecule has 0 saturated carbocycles. The van der Waals surface area contributed by atoms with Crippen molar-refractivity contribution in [2.75, 3.05) is 11.7 Å². The summed E-state index contributed by atoms with van der Waals surface area (Å²) in [5.41, 5.74) is 4.02. The van der Waals surface area contributed by atoms with Gasteiger partial charge in [0.25, 0.3) is 0 Å². The fourth-order valence-electron chi connectivity index (χ4n) is 1.54. The number of thioether (sulfide) groups is 1. The van der Waals surface area contributed by atoms with Crippen LogP contribution in [0.3, 0.4) is 0 Å². The van der Waals surface area contributed by atoms with Gasteiger partial charge in [-0.25, -0.2) is 4.68 Å². The summed E-state index contributed by atoms with van der Waals surface area (Å²) in [5, 5.41) is 18.1. The molecule has 0 aliphatic carbocycles. The Bertz CT molecular complexity index is 697. The van der Waals surface area contributed by atoms with Crippen molar-refractivity contribution < 1.29 is 4.39 Å². The molecule has 0 fully saturated rings. The number of nitrogens with one attached hydrogen (secondary N) is 1. The van der Waals surface area contributed by atoms with Gasteiger partial charge in [0.1, 0.15) is 21.7 Å². The van der Waals surface area contributed by atoms with Gasteiger partial charge in [-0.3, -0.25) is 5.43 Å². The number of nitrogens with zero attached hydrogens (tertiary/aromatic N) is 5. The van der Waals surface area contributed by atoms with E-state index in [1.165, 1.54) is 25.0 Å². The number of nitriles is 1. The molecule has 0 atom stereocenters. The van der Waals surface area contributed by atoms with Crippen molar-refractivity contribution in [3.05, 3.63) is 22.8 Å². The Morgan fingerprint density at radius 1 is 1.60 bits per heavy atom. The van der Waals surface area contributed by atoms with Crippen LogP contribution in [0.15, 0.2) is 10.1 Å². The topological polar surface area (TPSA) is 78.9 Å². The first-order valence-corrected chi connectivity index (χ1v) is 7.50. The summed E-state index contributed by atoms with van der Waals surface area (Å²) < 4.78 is 18.9. The van der Waals surface area contributed by atoms with Gasteiger partial charge in [0.15, 0.2) is 0 Å². The van der Waals surface area contributed by atoms with Crippen LogP contribution in [-0.4, -0.2) is 26.6 Å². The van der Waals surface area contributed by atoms with E-state index >= 15 is 0 Å². The van der Waals surface area contributed by atoms with Crippen molar-refractivity contribution in [1.29, 1.82) is 5.26 Å². The lowest BCUT2D eigenvalue weighted by atomic mass is 10.3. The maximum Gasteiger partial charge on any atom is 0.220 e. The third-order valence-corrected chi connectivity index (χ3v) is 4.07. The molecule has 6 nitrogen and oxygen atoms in total. The van der Waals surface area contributed by atoms with Gasteiger partial charge in [-0.1, -0.05) is 0 Å². The monoisotopic (exact) mass is 310 g/mol. The van der Waals surface area contributed by atoms with Crippen LogP contribution in [0.1, 0.15) is 16.8 Å². The smallest absolute Gasteiger partial charge is 0.220 e. The lowest BCUT2D eigenvalue weighted by molar-refractivity contribution is 0.502. The predicted octanol–water partition coefficient (Wildman–Crippen LogP) is 2.36. The summed E-state index contributed by atoms with van der Waals surface area (Å²) in [6, 6.07) is 2.07. The van der Waals surface area contributed by atoms with Crippen molar-refractivity contribution in [3.8, 4) is 6.07 Å². The minimum atomic E-state index is -0.456. The van der Waals surface area contributed by atoms with Gasteiger partial charge in [-0.15, -0.1) is 11.8 Å². The minimum absolute atomic E-state index is 0.313. The third kappa shape index (κ3) is 2.66. The molecule has 0 radical (unpaired) electrons. The van der Waals surface area contributed by atoms with Crippen LogP contribution in [0.5, 0.6) is 0 Å². The SMILES string of the molecule is CSc1nsc(NN=Cc2c(C)nn(C)c2F)c1C#N. The number of aryl methyl sites for hydroxylation is 2. The number of hydrazone groups is 1. The summed E-state index contributed by atoms with van der Waals surface area (Å²) in [4.78, 5) is 0. The lowest BCUT2D eigenvalue weighted by Crippen LogP contribution is -1.96. The molecule has 2 rings (SSSR count). The summed E-state index contributed by atoms with van der Waals surface area (Å²) in [7, 11) is 1.52. The van der Waals surface area contributed by atoms with Gasteiger partial charge in [-0.05, 0) is 24.7 Å². The van der Waals surface area contributed by atoms with Crippen LogP contribution in [-0.2, 0) is 7.05 Å². The normalized spacial score (nSPS) is 10.9. The molecule has 20 heavy (non-hydrogen) atoms. The van der Waals surface area contributed by atoms with Gasteiger partial charge in [0.2, 0.25) is 5.95 Å². The molecule has 104 valence electrons. The zero-order chi connectivity index (χ0) is 14.7. The molecule has 1 N–H and O–H groups in total. The van der Waals surface area contributed by atoms with Gasteiger partial charge < -0.3 is 0 Å². The molecule has 9 heteroatoms. The van der Waals surface area contributed by atoms with Crippen molar-refractivity contribution in [2.24, 2.45) is 12.1 Å². The number of hydrogen-bond acceptors (Lipinski definition) is 7. The van der Waals surface area contributed by atoms with E-state index in [-0.39, 0.29) is 0 Å². The Labute approximate surface area is 123 Å². The number of rotatable bonds is 4. The molecule has 0 saturated heterocycles. The molecule has 0 amide bonds. The van der Waals surface area contributed by atoms with E-state index < -0.39 is 5.95 Å². The van der Waals surface area contributed by atoms with E-state index in [2.05, 4.69) is 26.1 Å². The molecule has 0 unspecified atom stereocenters. The molecule has 0 spiro atoms. The highest BCUT2D eigenvalue weighted by atomic mass is 32.2. The third-order valence-electron chi connectivity index (χ3n) is 2.52. The first kappa shape index (κ1) is 14.5. The van der Waals surface area contributed by atoms with Crippen LogP contribution in [0.4, 0.5) is 9.39 Å². The first-order chi connectivity index (χ1) is 9.58. The van der Waals surface area contributed by atoms with E-state index in [0.29, 0.717) is 26.8 Å². The maximum absolute atomic E-state index is 13.7. The van der Waals surface area contributed by atoms with Crippen molar-refractivity contribution in [2.45, 2.75) is 11.9 Å². The highest BCUT2D eigenvalue weighted by Crippen LogP contribution is 2.29. The Balaban J connectivity index is 2.19. The average Bonchev–Trinajstić information content (AvgIpc) is 2.94. The summed E-state index contributed by atoms with van der Waals surface area (Å²) >= 11 is 2.53. The van der Waals surface area contributed by atoms with Crippen molar-refractivity contribution in [1.82, 2.24) is 14.2 Å². The van der Waals surface area contributed by atoms with Crippen LogP contribution >= 0.6 is 23.3 Å². The number of halogens is 1. The molecule has 0 aliphatic rings. The van der Waals surface area contributed by atoms with E-state index in [0.717, 1.165) is 16.2 Å². The highest BCUT2D eigenvalue weighted by Gasteiger charge is 2.13. The second-order valence-corrected chi connectivity index (χ2v) is 5.36. The standard InChI is InChI=1S/C11H11FN6S2/c1-6-8(9(12)18(2)16-6)5-14-15-10-7(4-13)11(19-3)17-20-10/h5,15H,1-3H3. The second kappa shape index (κ2) is 6.02. The Hall–Kier alpha value is -1.92. The Morgan fingerprint density at radius 2 is 2.35 bits per heavy atom. The molecule has 2 heterocycles. The quantitative estimate of drug-likeness (QED) is 0.533. The maximum atomic E-state index is 13.7. The largest absolute Gasteiger partial charge is 0.266 e. The predicted molar refractivity (Wildman–Crippen MR) is 77.7 cm³/mol. The molecule has 2 aromatic heterocycles. The number of aromatic nitrogens is 3. The highest BCUT2D eigenvalue weighted by molar-refractivity contribution is 7.98. The minimum Gasteiger partial charge on any atom is -0.266 e. The zero-order valence-corrected chi connectivity index (χ0v) is 12.6. The zero-order valence-electron chi connectivity index (χ0n) is 11.0. The van der Waals surface area contributed by atoms with E-state index in [9.17, 15) is 4.39 Å². The van der Waals surface area contributed by atoms with Crippen LogP contribution in [0.25, 0.3) is 0 Å². The van der Waals surface area contributed by atoms with Gasteiger partial charge >= 0.3 is 0 Å². The van der Waals surface area contributed by atoms with E-state index in [4.69, 9.17) is 5.26 Å². The molecule has 0 aliphatic heterocycles. The van der Waals surface area contributed by atoms with Gasteiger partial charge in [0.05, 0.1) is 17.5 Å². The fourth-order valence-corrected chi connectivity index (χ4v) is 2.96. The number of anilines is 1. The Morgan fingerprint density at radius 3 is 2.90 bits per heavy atom. The molecule has 0 aromatic carbocycles. The second-order valence-electron chi connectivity index (χ2n) is 3.79. The lowest BCUT2D eigenvalue weighted by Gasteiger charge is -1.95. The van der Waals surface area contributed by atoms with Gasteiger partial charge in [0, 0.05) is 7.05 Å². The van der Waals surface area contributed by atoms with Crippen LogP contribution in [0, 0.1) is 24.2 Å². The molecular weight excluding hydrogens is 299 g/mol. The van der Waals surface area contributed by atoms with Gasteiger partial charge in [-0.2, -0.15) is 24.2 Å². The molecule has 0 bridgehead atoms. The molecule has 2 aromatic rings. The fraction of sp³-hybridized carbons (Fsp3) is 0.273. The van der Waals surface area contributed by atoms with Crippen LogP contribution < -0.4 is 5.43 Å². The van der Waals surface area contributed by atoms with Crippen molar-refractivity contribution >= 4 is 34.5 Å². The van der Waals surface area contributed by atoms with E-state index in [1.807, 2.05) is 6.26 Å². The summed E-state index contributed by atoms with van der Waals surface area (Å²) in [6.07, 6.45) is 3.19. The average molecular weight is 310 g/mol. The van der Waals surface area contributed by atoms with Crippen LogP contribution in [0.2, 0.25) is 0 Å². The van der Waals surface area contributed by atoms with E-state index in [1.54, 1.807) is 6.92 Å². The number of hydrogen-bond donors (Lipinski definition) is 1. The first-order valence-electron chi connectivity index (χ1n) is 5.50. The summed E-state index contributed by atoms with van der Waals surface area (Å²) in [5.74, 6) is -0.456. The molecular formula is C11H11FN6S2.